The molecule has 5 nitrogen and oxygen atoms in total. The van der Waals surface area contributed by atoms with Gasteiger partial charge in [-0.2, -0.15) is 4.98 Å². The summed E-state index contributed by atoms with van der Waals surface area (Å²) in [6.07, 6.45) is 0.749. The van der Waals surface area contributed by atoms with Crippen LogP contribution in [0.1, 0.15) is 32.2 Å². The van der Waals surface area contributed by atoms with Crippen molar-refractivity contribution in [1.29, 1.82) is 0 Å². The quantitative estimate of drug-likeness (QED) is 0.910. The lowest BCUT2D eigenvalue weighted by molar-refractivity contribution is 0.335. The van der Waals surface area contributed by atoms with Gasteiger partial charge in [-0.15, -0.1) is 0 Å². The molecular formula is C14H18FN3O2. The first-order valence-corrected chi connectivity index (χ1v) is 6.44. The maximum Gasteiger partial charge on any atom is 0.243 e. The molecule has 1 aromatic heterocycles. The number of aromatic nitrogens is 2. The Morgan fingerprint density at radius 3 is 2.75 bits per heavy atom. The van der Waals surface area contributed by atoms with Crippen LogP contribution < -0.4 is 10.5 Å². The lowest BCUT2D eigenvalue weighted by Crippen LogP contribution is -2.13. The molecule has 1 heterocycles. The molecule has 0 saturated heterocycles. The topological polar surface area (TPSA) is 74.2 Å². The average Bonchev–Trinajstić information content (AvgIpc) is 2.87. The van der Waals surface area contributed by atoms with Gasteiger partial charge in [-0.05, 0) is 30.5 Å². The molecule has 0 spiro atoms. The van der Waals surface area contributed by atoms with Gasteiger partial charge in [0.2, 0.25) is 11.7 Å². The van der Waals surface area contributed by atoms with Crippen LogP contribution in [-0.2, 0) is 0 Å². The Hall–Kier alpha value is -1.95. The second kappa shape index (κ2) is 6.00. The summed E-state index contributed by atoms with van der Waals surface area (Å²) in [5.74, 6) is 0.821. The van der Waals surface area contributed by atoms with Gasteiger partial charge in [0.25, 0.3) is 0 Å². The van der Waals surface area contributed by atoms with Crippen molar-refractivity contribution in [1.82, 2.24) is 10.1 Å². The summed E-state index contributed by atoms with van der Waals surface area (Å²) >= 11 is 0. The van der Waals surface area contributed by atoms with Gasteiger partial charge in [-0.3, -0.25) is 0 Å². The van der Waals surface area contributed by atoms with Crippen molar-refractivity contribution in [3.05, 3.63) is 29.9 Å². The van der Waals surface area contributed by atoms with Crippen molar-refractivity contribution in [2.24, 2.45) is 11.7 Å². The Bertz CT molecular complexity index is 584. The van der Waals surface area contributed by atoms with E-state index in [1.54, 1.807) is 6.07 Å². The van der Waals surface area contributed by atoms with E-state index in [0.717, 1.165) is 6.42 Å². The van der Waals surface area contributed by atoms with Crippen LogP contribution in [-0.4, -0.2) is 17.3 Å². The lowest BCUT2D eigenvalue weighted by atomic mass is 10.0. The number of hydrogen-bond donors (Lipinski definition) is 1. The first kappa shape index (κ1) is 14.5. The van der Waals surface area contributed by atoms with Crippen molar-refractivity contribution >= 4 is 0 Å². The molecule has 0 aliphatic carbocycles. The molecule has 0 unspecified atom stereocenters. The molecule has 2 aromatic rings. The van der Waals surface area contributed by atoms with Gasteiger partial charge in [-0.25, -0.2) is 4.39 Å². The van der Waals surface area contributed by atoms with E-state index in [1.807, 2.05) is 0 Å². The average molecular weight is 279 g/mol. The zero-order valence-corrected chi connectivity index (χ0v) is 11.8. The molecule has 2 N–H and O–H groups in total. The predicted molar refractivity (Wildman–Crippen MR) is 72.6 cm³/mol. The maximum atomic E-state index is 13.6. The Morgan fingerprint density at radius 2 is 2.15 bits per heavy atom. The zero-order valence-electron chi connectivity index (χ0n) is 11.8. The first-order chi connectivity index (χ1) is 9.51. The third kappa shape index (κ3) is 3.14. The van der Waals surface area contributed by atoms with Gasteiger partial charge in [0, 0.05) is 5.56 Å². The van der Waals surface area contributed by atoms with Crippen LogP contribution in [0.4, 0.5) is 4.39 Å². The van der Waals surface area contributed by atoms with Crippen LogP contribution in [0.5, 0.6) is 5.75 Å². The Kier molecular flexibility index (Phi) is 4.34. The SMILES string of the molecule is COc1ccc(-c2noc([C@H](N)CC(C)C)n2)cc1F. The molecule has 0 aliphatic rings. The minimum absolute atomic E-state index is 0.175. The fourth-order valence-electron chi connectivity index (χ4n) is 1.92. The Morgan fingerprint density at radius 1 is 1.40 bits per heavy atom. The smallest absolute Gasteiger partial charge is 0.243 e. The molecule has 0 fully saturated rings. The number of ether oxygens (including phenoxy) is 1. The van der Waals surface area contributed by atoms with Crippen LogP contribution in [0.2, 0.25) is 0 Å². The lowest BCUT2D eigenvalue weighted by Gasteiger charge is -2.08. The summed E-state index contributed by atoms with van der Waals surface area (Å²) in [4.78, 5) is 4.22. The number of nitrogens with two attached hydrogens (primary N) is 1. The highest BCUT2D eigenvalue weighted by Gasteiger charge is 2.17. The summed E-state index contributed by atoms with van der Waals surface area (Å²) < 4.78 is 23.6. The van der Waals surface area contributed by atoms with Gasteiger partial charge >= 0.3 is 0 Å². The molecule has 1 aromatic carbocycles. The third-order valence-electron chi connectivity index (χ3n) is 2.89. The highest BCUT2D eigenvalue weighted by Crippen LogP contribution is 2.25. The Balaban J connectivity index is 2.22. The molecule has 0 radical (unpaired) electrons. The maximum absolute atomic E-state index is 13.6. The van der Waals surface area contributed by atoms with E-state index in [1.165, 1.54) is 19.2 Å². The third-order valence-corrected chi connectivity index (χ3v) is 2.89. The number of rotatable bonds is 5. The molecule has 108 valence electrons. The highest BCUT2D eigenvalue weighted by molar-refractivity contribution is 5.56. The summed E-state index contributed by atoms with van der Waals surface area (Å²) in [5, 5.41) is 3.84. The fourth-order valence-corrected chi connectivity index (χ4v) is 1.92. The van der Waals surface area contributed by atoms with E-state index in [2.05, 4.69) is 24.0 Å². The van der Waals surface area contributed by atoms with Crippen molar-refractivity contribution in [2.45, 2.75) is 26.3 Å². The summed E-state index contributed by atoms with van der Waals surface area (Å²) in [5.41, 5.74) is 6.50. The summed E-state index contributed by atoms with van der Waals surface area (Å²) in [6.45, 7) is 4.13. The second-order valence-corrected chi connectivity index (χ2v) is 5.04. The van der Waals surface area contributed by atoms with Crippen molar-refractivity contribution in [3.63, 3.8) is 0 Å². The molecule has 0 aliphatic heterocycles. The monoisotopic (exact) mass is 279 g/mol. The normalized spacial score (nSPS) is 12.7. The fraction of sp³-hybridized carbons (Fsp3) is 0.429. The highest BCUT2D eigenvalue weighted by atomic mass is 19.1. The number of nitrogens with zero attached hydrogens (tertiary/aromatic N) is 2. The van der Waals surface area contributed by atoms with Crippen LogP contribution in [0.3, 0.4) is 0 Å². The molecule has 0 amide bonds. The van der Waals surface area contributed by atoms with E-state index >= 15 is 0 Å². The first-order valence-electron chi connectivity index (χ1n) is 6.44. The molecule has 6 heteroatoms. The van der Waals surface area contributed by atoms with Crippen LogP contribution >= 0.6 is 0 Å². The zero-order chi connectivity index (χ0) is 14.7. The molecule has 20 heavy (non-hydrogen) atoms. The molecule has 0 bridgehead atoms. The number of methoxy groups -OCH3 is 1. The van der Waals surface area contributed by atoms with Crippen molar-refractivity contribution < 1.29 is 13.7 Å². The standard InChI is InChI=1S/C14H18FN3O2/c1-8(2)6-11(16)14-17-13(18-20-14)9-4-5-12(19-3)10(15)7-9/h4-5,7-8,11H,6,16H2,1-3H3/t11-/m1/s1. The molecule has 1 atom stereocenters. The van der Waals surface area contributed by atoms with Crippen LogP contribution in [0.15, 0.2) is 22.7 Å². The minimum Gasteiger partial charge on any atom is -0.494 e. The van der Waals surface area contributed by atoms with E-state index in [4.69, 9.17) is 15.0 Å². The van der Waals surface area contributed by atoms with Crippen molar-refractivity contribution in [3.8, 4) is 17.1 Å². The van der Waals surface area contributed by atoms with Gasteiger partial charge in [0.05, 0.1) is 13.2 Å². The van der Waals surface area contributed by atoms with E-state index in [-0.39, 0.29) is 11.8 Å². The summed E-state index contributed by atoms with van der Waals surface area (Å²) in [7, 11) is 1.41. The molecular weight excluding hydrogens is 261 g/mol. The molecule has 2 rings (SSSR count). The predicted octanol–water partition coefficient (Wildman–Crippen LogP) is 2.93. The Labute approximate surface area is 116 Å². The number of hydrogen-bond acceptors (Lipinski definition) is 5. The van der Waals surface area contributed by atoms with E-state index < -0.39 is 5.82 Å². The van der Waals surface area contributed by atoms with Gasteiger partial charge in [0.15, 0.2) is 11.6 Å². The van der Waals surface area contributed by atoms with Gasteiger partial charge < -0.3 is 15.0 Å². The van der Waals surface area contributed by atoms with E-state index in [0.29, 0.717) is 23.2 Å². The van der Waals surface area contributed by atoms with Gasteiger partial charge in [0.1, 0.15) is 0 Å². The van der Waals surface area contributed by atoms with Gasteiger partial charge in [-0.1, -0.05) is 19.0 Å². The summed E-state index contributed by atoms with van der Waals surface area (Å²) in [6, 6.07) is 4.19. The minimum atomic E-state index is -0.470. The molecule has 0 saturated carbocycles. The number of benzene rings is 1. The van der Waals surface area contributed by atoms with Crippen LogP contribution in [0, 0.1) is 11.7 Å². The second-order valence-electron chi connectivity index (χ2n) is 5.04. The van der Waals surface area contributed by atoms with Crippen LogP contribution in [0.25, 0.3) is 11.4 Å². The van der Waals surface area contributed by atoms with Crippen molar-refractivity contribution in [2.75, 3.05) is 7.11 Å². The number of halogens is 1. The van der Waals surface area contributed by atoms with E-state index in [9.17, 15) is 4.39 Å². The largest absolute Gasteiger partial charge is 0.494 e.